The number of carbonyl (C=O) groups is 1. The molecule has 18 heavy (non-hydrogen) atoms. The third-order valence-corrected chi connectivity index (χ3v) is 2.32. The van der Waals surface area contributed by atoms with Crippen LogP contribution in [0.4, 0.5) is 4.39 Å². The van der Waals surface area contributed by atoms with E-state index in [1.165, 1.54) is 12.1 Å². The molecule has 0 heterocycles. The summed E-state index contributed by atoms with van der Waals surface area (Å²) >= 11 is 0. The van der Waals surface area contributed by atoms with Gasteiger partial charge in [0, 0.05) is 19.0 Å². The molecule has 3 N–H and O–H groups in total. The van der Waals surface area contributed by atoms with Gasteiger partial charge in [-0.3, -0.25) is 4.79 Å². The van der Waals surface area contributed by atoms with Crippen molar-refractivity contribution in [2.45, 2.75) is 19.3 Å². The lowest BCUT2D eigenvalue weighted by Gasteiger charge is -2.06. The number of benzene rings is 1. The molecule has 0 spiro atoms. The summed E-state index contributed by atoms with van der Waals surface area (Å²) < 4.78 is 18.1. The molecule has 5 heteroatoms. The first-order valence-corrected chi connectivity index (χ1v) is 6.07. The van der Waals surface area contributed by atoms with Gasteiger partial charge in [0.05, 0.1) is 6.61 Å². The van der Waals surface area contributed by atoms with Gasteiger partial charge < -0.3 is 15.8 Å². The van der Waals surface area contributed by atoms with Gasteiger partial charge in [-0.2, -0.15) is 0 Å². The van der Waals surface area contributed by atoms with E-state index in [2.05, 4.69) is 5.32 Å². The molecule has 0 aliphatic heterocycles. The molecule has 1 amide bonds. The van der Waals surface area contributed by atoms with E-state index in [0.29, 0.717) is 38.3 Å². The highest BCUT2D eigenvalue weighted by molar-refractivity contribution is 5.75. The van der Waals surface area contributed by atoms with Gasteiger partial charge in [-0.25, -0.2) is 4.39 Å². The summed E-state index contributed by atoms with van der Waals surface area (Å²) in [5, 5.41) is 2.76. The van der Waals surface area contributed by atoms with Crippen molar-refractivity contribution < 1.29 is 13.9 Å². The van der Waals surface area contributed by atoms with Crippen LogP contribution < -0.4 is 15.8 Å². The van der Waals surface area contributed by atoms with Gasteiger partial charge in [0.15, 0.2) is 0 Å². The van der Waals surface area contributed by atoms with Crippen LogP contribution >= 0.6 is 0 Å². The molecule has 0 aromatic heterocycles. The fraction of sp³-hybridized carbons (Fsp3) is 0.462. The van der Waals surface area contributed by atoms with Crippen molar-refractivity contribution in [2.75, 3.05) is 19.7 Å². The highest BCUT2D eigenvalue weighted by atomic mass is 19.1. The predicted octanol–water partition coefficient (Wildman–Crippen LogP) is 1.45. The van der Waals surface area contributed by atoms with Gasteiger partial charge in [-0.15, -0.1) is 0 Å². The summed E-state index contributed by atoms with van der Waals surface area (Å²) in [6.45, 7) is 1.58. The SMILES string of the molecule is NCCCNC(=O)CCCOc1cccc(F)c1. The summed E-state index contributed by atoms with van der Waals surface area (Å²) in [5.41, 5.74) is 5.31. The van der Waals surface area contributed by atoms with Crippen LogP contribution in [0.1, 0.15) is 19.3 Å². The van der Waals surface area contributed by atoms with E-state index in [9.17, 15) is 9.18 Å². The second-order valence-electron chi connectivity index (χ2n) is 3.90. The van der Waals surface area contributed by atoms with Crippen molar-refractivity contribution in [3.05, 3.63) is 30.1 Å². The van der Waals surface area contributed by atoms with E-state index in [1.807, 2.05) is 0 Å². The first kappa shape index (κ1) is 14.4. The van der Waals surface area contributed by atoms with E-state index in [-0.39, 0.29) is 11.7 Å². The minimum absolute atomic E-state index is 0.00806. The number of amides is 1. The summed E-state index contributed by atoms with van der Waals surface area (Å²) in [4.78, 5) is 11.3. The number of hydrogen-bond acceptors (Lipinski definition) is 3. The molecule has 0 aliphatic carbocycles. The molecule has 100 valence electrons. The van der Waals surface area contributed by atoms with Crippen LogP contribution in [-0.2, 0) is 4.79 Å². The van der Waals surface area contributed by atoms with E-state index in [4.69, 9.17) is 10.5 Å². The summed E-state index contributed by atoms with van der Waals surface area (Å²) in [5.74, 6) is 0.150. The molecular formula is C13H19FN2O2. The van der Waals surface area contributed by atoms with Crippen LogP contribution in [0.3, 0.4) is 0 Å². The second-order valence-corrected chi connectivity index (χ2v) is 3.90. The number of carbonyl (C=O) groups excluding carboxylic acids is 1. The number of nitrogens with two attached hydrogens (primary N) is 1. The zero-order valence-corrected chi connectivity index (χ0v) is 10.3. The molecule has 0 unspecified atom stereocenters. The quantitative estimate of drug-likeness (QED) is 0.690. The van der Waals surface area contributed by atoms with Crippen molar-refractivity contribution in [1.82, 2.24) is 5.32 Å². The Labute approximate surface area is 106 Å². The first-order valence-electron chi connectivity index (χ1n) is 6.07. The lowest BCUT2D eigenvalue weighted by molar-refractivity contribution is -0.121. The Morgan fingerprint density at radius 3 is 2.94 bits per heavy atom. The maximum atomic E-state index is 12.8. The minimum Gasteiger partial charge on any atom is -0.493 e. The summed E-state index contributed by atoms with van der Waals surface area (Å²) in [6.07, 6.45) is 1.79. The molecule has 4 nitrogen and oxygen atoms in total. The van der Waals surface area contributed by atoms with Gasteiger partial charge in [-0.05, 0) is 31.5 Å². The van der Waals surface area contributed by atoms with Crippen molar-refractivity contribution in [2.24, 2.45) is 5.73 Å². The summed E-state index contributed by atoms with van der Waals surface area (Å²) in [6, 6.07) is 5.95. The average molecular weight is 254 g/mol. The monoisotopic (exact) mass is 254 g/mol. The predicted molar refractivity (Wildman–Crippen MR) is 67.8 cm³/mol. The molecular weight excluding hydrogens is 235 g/mol. The molecule has 0 bridgehead atoms. The largest absolute Gasteiger partial charge is 0.493 e. The molecule has 1 aromatic rings. The number of ether oxygens (including phenoxy) is 1. The van der Waals surface area contributed by atoms with Crippen LogP contribution in [0, 0.1) is 5.82 Å². The Morgan fingerprint density at radius 1 is 1.39 bits per heavy atom. The van der Waals surface area contributed by atoms with Crippen molar-refractivity contribution >= 4 is 5.91 Å². The number of nitrogens with one attached hydrogen (secondary N) is 1. The topological polar surface area (TPSA) is 64.3 Å². The highest BCUT2D eigenvalue weighted by Crippen LogP contribution is 2.12. The second kappa shape index (κ2) is 8.47. The van der Waals surface area contributed by atoms with E-state index < -0.39 is 0 Å². The molecule has 0 saturated heterocycles. The van der Waals surface area contributed by atoms with Gasteiger partial charge >= 0.3 is 0 Å². The van der Waals surface area contributed by atoms with E-state index in [1.54, 1.807) is 12.1 Å². The zero-order chi connectivity index (χ0) is 13.2. The van der Waals surface area contributed by atoms with Crippen LogP contribution in [0.2, 0.25) is 0 Å². The fourth-order valence-electron chi connectivity index (χ4n) is 1.40. The molecule has 1 rings (SSSR count). The maximum Gasteiger partial charge on any atom is 0.220 e. The average Bonchev–Trinajstić information content (AvgIpc) is 2.35. The smallest absolute Gasteiger partial charge is 0.220 e. The molecule has 0 aliphatic rings. The van der Waals surface area contributed by atoms with Crippen molar-refractivity contribution in [3.8, 4) is 5.75 Å². The lowest BCUT2D eigenvalue weighted by Crippen LogP contribution is -2.26. The Bertz CT molecular complexity index is 372. The van der Waals surface area contributed by atoms with Crippen molar-refractivity contribution in [1.29, 1.82) is 0 Å². The lowest BCUT2D eigenvalue weighted by atomic mass is 10.3. The Hall–Kier alpha value is -1.62. The van der Waals surface area contributed by atoms with Gasteiger partial charge in [0.25, 0.3) is 0 Å². The number of hydrogen-bond donors (Lipinski definition) is 2. The number of halogens is 1. The van der Waals surface area contributed by atoms with Gasteiger partial charge in [0.2, 0.25) is 5.91 Å². The van der Waals surface area contributed by atoms with E-state index >= 15 is 0 Å². The fourth-order valence-corrected chi connectivity index (χ4v) is 1.40. The van der Waals surface area contributed by atoms with Crippen molar-refractivity contribution in [3.63, 3.8) is 0 Å². The Kier molecular flexibility index (Phi) is 6.79. The molecule has 0 saturated carbocycles. The molecule has 0 atom stereocenters. The standard InChI is InChI=1S/C13H19FN2O2/c14-11-4-1-5-12(10-11)18-9-2-6-13(17)16-8-3-7-15/h1,4-5,10H,2-3,6-9,15H2,(H,16,17). The highest BCUT2D eigenvalue weighted by Gasteiger charge is 2.01. The normalized spacial score (nSPS) is 10.1. The summed E-state index contributed by atoms with van der Waals surface area (Å²) in [7, 11) is 0. The van der Waals surface area contributed by atoms with Crippen LogP contribution in [0.5, 0.6) is 5.75 Å². The van der Waals surface area contributed by atoms with Gasteiger partial charge in [-0.1, -0.05) is 6.07 Å². The van der Waals surface area contributed by atoms with Crippen LogP contribution in [0.15, 0.2) is 24.3 Å². The van der Waals surface area contributed by atoms with Gasteiger partial charge in [0.1, 0.15) is 11.6 Å². The first-order chi connectivity index (χ1) is 8.72. The maximum absolute atomic E-state index is 12.8. The third kappa shape index (κ3) is 6.20. The minimum atomic E-state index is -0.327. The molecule has 0 radical (unpaired) electrons. The molecule has 1 aromatic carbocycles. The Balaban J connectivity index is 2.09. The third-order valence-electron chi connectivity index (χ3n) is 2.32. The number of rotatable bonds is 8. The molecule has 0 fully saturated rings. The van der Waals surface area contributed by atoms with E-state index in [0.717, 1.165) is 6.42 Å². The van der Waals surface area contributed by atoms with Crippen LogP contribution in [0.25, 0.3) is 0 Å². The zero-order valence-electron chi connectivity index (χ0n) is 10.3. The van der Waals surface area contributed by atoms with Crippen LogP contribution in [-0.4, -0.2) is 25.6 Å². The Morgan fingerprint density at radius 2 is 2.22 bits per heavy atom.